The van der Waals surface area contributed by atoms with Crippen LogP contribution in [0.4, 0.5) is 0 Å². The molecule has 406 valence electrons. The molecule has 10 nitrogen and oxygen atoms in total. The molecule has 0 spiro atoms. The zero-order valence-corrected chi connectivity index (χ0v) is 48.3. The van der Waals surface area contributed by atoms with Crippen molar-refractivity contribution in [3.63, 3.8) is 0 Å². The normalized spacial score (nSPS) is 45.4. The molecule has 10 aliphatic rings. The van der Waals surface area contributed by atoms with Crippen LogP contribution in [0.5, 0.6) is 0 Å². The Morgan fingerprint density at radius 3 is 1.36 bits per heavy atom. The first-order valence-corrected chi connectivity index (χ1v) is 28.6. The number of methoxy groups -OCH3 is 2. The Kier molecular flexibility index (Phi) is 11.8. The second-order valence-corrected chi connectivity index (χ2v) is 30.3. The van der Waals surface area contributed by atoms with Crippen LogP contribution in [0.2, 0.25) is 0 Å². The van der Waals surface area contributed by atoms with Gasteiger partial charge in [0.1, 0.15) is 0 Å². The van der Waals surface area contributed by atoms with Crippen LogP contribution < -0.4 is 5.32 Å². The van der Waals surface area contributed by atoms with Crippen LogP contribution in [0.25, 0.3) is 0 Å². The molecule has 0 aromatic rings. The summed E-state index contributed by atoms with van der Waals surface area (Å²) in [4.78, 5) is 102. The first kappa shape index (κ1) is 54.0. The van der Waals surface area contributed by atoms with Crippen molar-refractivity contribution in [2.75, 3.05) is 14.2 Å². The van der Waals surface area contributed by atoms with Crippen molar-refractivity contribution in [2.24, 2.45) is 100 Å². The summed E-state index contributed by atoms with van der Waals surface area (Å²) in [5, 5.41) is 2.92. The predicted molar refractivity (Wildman–Crippen MR) is 287 cm³/mol. The van der Waals surface area contributed by atoms with Gasteiger partial charge in [0.15, 0.2) is 23.1 Å². The van der Waals surface area contributed by atoms with Crippen molar-refractivity contribution >= 4 is 41.0 Å². The summed E-state index contributed by atoms with van der Waals surface area (Å²) in [6.45, 7) is 30.3. The number of ether oxygens (including phenoxy) is 2. The molecule has 1 amide bonds. The third-order valence-corrected chi connectivity index (χ3v) is 25.2. The van der Waals surface area contributed by atoms with E-state index in [-0.39, 0.29) is 92.7 Å². The Labute approximate surface area is 447 Å². The molecule has 0 heterocycles. The van der Waals surface area contributed by atoms with E-state index in [2.05, 4.69) is 86.4 Å². The summed E-state index contributed by atoms with van der Waals surface area (Å²) >= 11 is 0. The lowest BCUT2D eigenvalue weighted by Gasteiger charge is -2.68. The standard InChI is InChI=1S/C65H87NO9/c1-54(2)23-27-64(52(72)74-15)29-25-62(13)48(38(64)34-54)41(67)31-45-58(9)33-37(50(70)56(5,6)43(58)19-21-60(45,62)11)17-18-47(69)66-40-36-59(10)44(57(7,8)51(40)71)20-22-61(12)46(59)32-42(68)49-39-35-55(3,4)24-28-65(39,53(73)75-16)30-26-63(49,61)14/h31-33,36,38-39,43-44,48-49H,19-30,34-35H2,1-16H3,(H,66,69)/t38-,39-,43-,44-,48-,49-,58-,59-,60+,61+,62+,63+,64-,65-/m0/s1. The zero-order chi connectivity index (χ0) is 55.1. The number of rotatable bonds is 3. The Bertz CT molecular complexity index is 2840. The Hall–Kier alpha value is -4.39. The van der Waals surface area contributed by atoms with Gasteiger partial charge in [0.05, 0.1) is 36.3 Å². The third-order valence-electron chi connectivity index (χ3n) is 25.2. The van der Waals surface area contributed by atoms with Crippen molar-refractivity contribution in [3.8, 4) is 11.8 Å². The van der Waals surface area contributed by atoms with Crippen molar-refractivity contribution in [1.82, 2.24) is 5.32 Å². The first-order valence-electron chi connectivity index (χ1n) is 28.6. The highest BCUT2D eigenvalue weighted by atomic mass is 16.5. The van der Waals surface area contributed by atoms with Crippen LogP contribution in [0, 0.1) is 112 Å². The van der Waals surface area contributed by atoms with Crippen LogP contribution in [0.1, 0.15) is 187 Å². The smallest absolute Gasteiger partial charge is 0.312 e. The van der Waals surface area contributed by atoms with Crippen LogP contribution in [-0.4, -0.2) is 55.2 Å². The van der Waals surface area contributed by atoms with Gasteiger partial charge in [-0.2, -0.15) is 0 Å². The quantitative estimate of drug-likeness (QED) is 0.215. The van der Waals surface area contributed by atoms with Crippen molar-refractivity contribution in [2.45, 2.75) is 187 Å². The Morgan fingerprint density at radius 1 is 0.533 bits per heavy atom. The number of carbonyl (C=O) groups is 7. The maximum atomic E-state index is 15.1. The lowest BCUT2D eigenvalue weighted by atomic mass is 9.34. The van der Waals surface area contributed by atoms with Crippen LogP contribution in [0.3, 0.4) is 0 Å². The van der Waals surface area contributed by atoms with Gasteiger partial charge in [-0.3, -0.25) is 33.6 Å². The second-order valence-electron chi connectivity index (χ2n) is 30.3. The molecule has 0 unspecified atom stereocenters. The molecule has 6 saturated carbocycles. The minimum Gasteiger partial charge on any atom is -0.469 e. The molecule has 0 aromatic carbocycles. The average Bonchev–Trinajstić information content (AvgIpc) is 3.32. The number of hydrogen-bond donors (Lipinski definition) is 1. The summed E-state index contributed by atoms with van der Waals surface area (Å²) in [5.41, 5.74) is -4.18. The van der Waals surface area contributed by atoms with E-state index < -0.39 is 60.1 Å². The van der Waals surface area contributed by atoms with E-state index in [9.17, 15) is 24.0 Å². The molecule has 0 radical (unpaired) electrons. The number of Topliss-reactive ketones (excluding diaryl/α,β-unsaturated/α-hetero) is 2. The number of allylic oxidation sites excluding steroid dienone is 8. The van der Waals surface area contributed by atoms with E-state index in [0.29, 0.717) is 38.5 Å². The van der Waals surface area contributed by atoms with Gasteiger partial charge in [-0.1, -0.05) is 120 Å². The molecule has 0 bridgehead atoms. The van der Waals surface area contributed by atoms with Gasteiger partial charge >= 0.3 is 17.8 Å². The molecule has 10 aliphatic carbocycles. The largest absolute Gasteiger partial charge is 0.469 e. The summed E-state index contributed by atoms with van der Waals surface area (Å²) < 4.78 is 11.1. The summed E-state index contributed by atoms with van der Waals surface area (Å²) in [5.74, 6) is 3.12. The lowest BCUT2D eigenvalue weighted by molar-refractivity contribution is -0.192. The lowest BCUT2D eigenvalue weighted by Crippen LogP contribution is -2.66. The SMILES string of the molecule is COC(=O)[C@]12CCC(C)(C)C[C@H]1[C@H]1C(=O)C=C3[C@@]4(C)C=C(C#CC(=O)NC5=C[C@]6(C)C7=CC(=O)[C@@H]8[C@@H]9CC(C)(C)CC[C@]9(C(=O)OC)CC[C@@]8(C)[C@]7(C)CC[C@H]6C(C)(C)C5=O)C(=O)C(C)(C)[C@@H]4CC[C@@]3(C)[C@]1(C)CC2. The molecule has 10 rings (SSSR count). The molecule has 0 aliphatic heterocycles. The van der Waals surface area contributed by atoms with Gasteiger partial charge in [-0.15, -0.1) is 0 Å². The number of nitrogens with one attached hydrogen (secondary N) is 1. The van der Waals surface area contributed by atoms with E-state index in [1.165, 1.54) is 14.2 Å². The summed E-state index contributed by atoms with van der Waals surface area (Å²) in [6, 6.07) is 0. The first-order chi connectivity index (χ1) is 34.6. The monoisotopic (exact) mass is 1030 g/mol. The molecule has 6 fully saturated rings. The highest BCUT2D eigenvalue weighted by Crippen LogP contribution is 2.77. The molecule has 10 heteroatoms. The van der Waals surface area contributed by atoms with Gasteiger partial charge in [-0.05, 0) is 164 Å². The van der Waals surface area contributed by atoms with Gasteiger partial charge < -0.3 is 14.8 Å². The van der Waals surface area contributed by atoms with Crippen molar-refractivity contribution < 1.29 is 43.0 Å². The van der Waals surface area contributed by atoms with Gasteiger partial charge in [0, 0.05) is 39.4 Å². The van der Waals surface area contributed by atoms with Crippen molar-refractivity contribution in [1.29, 1.82) is 0 Å². The molecular weight excluding hydrogens is 939 g/mol. The number of amides is 1. The van der Waals surface area contributed by atoms with E-state index in [4.69, 9.17) is 9.47 Å². The van der Waals surface area contributed by atoms with Crippen LogP contribution >= 0.6 is 0 Å². The van der Waals surface area contributed by atoms with E-state index in [1.807, 2.05) is 52.0 Å². The highest BCUT2D eigenvalue weighted by Gasteiger charge is 2.73. The molecule has 0 aromatic heterocycles. The minimum atomic E-state index is -0.904. The van der Waals surface area contributed by atoms with E-state index >= 15 is 9.59 Å². The minimum absolute atomic E-state index is 0.0266. The number of fused-ring (bicyclic) bond motifs is 14. The molecule has 0 saturated heterocycles. The van der Waals surface area contributed by atoms with Gasteiger partial charge in [0.25, 0.3) is 0 Å². The maximum absolute atomic E-state index is 15.1. The summed E-state index contributed by atoms with van der Waals surface area (Å²) in [7, 11) is 2.94. The fraction of sp³-hybridized carbons (Fsp3) is 0.738. The topological polar surface area (TPSA) is 150 Å². The third kappa shape index (κ3) is 6.91. The average molecular weight is 1030 g/mol. The number of ketones is 4. The molecule has 14 atom stereocenters. The van der Waals surface area contributed by atoms with Gasteiger partial charge in [-0.25, -0.2) is 0 Å². The molecule has 1 N–H and O–H groups in total. The van der Waals surface area contributed by atoms with Gasteiger partial charge in [0.2, 0.25) is 0 Å². The van der Waals surface area contributed by atoms with E-state index in [1.54, 1.807) is 0 Å². The molecular formula is C65H87NO9. The number of hydrogen-bond acceptors (Lipinski definition) is 9. The number of carbonyl (C=O) groups excluding carboxylic acids is 7. The van der Waals surface area contributed by atoms with Crippen LogP contribution in [0.15, 0.2) is 46.7 Å². The fourth-order valence-electron chi connectivity index (χ4n) is 20.7. The predicted octanol–water partition coefficient (Wildman–Crippen LogP) is 11.8. The van der Waals surface area contributed by atoms with E-state index in [0.717, 1.165) is 62.5 Å². The Morgan fingerprint density at radius 2 is 0.933 bits per heavy atom. The number of esters is 2. The summed E-state index contributed by atoms with van der Waals surface area (Å²) in [6.07, 6.45) is 18.2. The zero-order valence-electron chi connectivity index (χ0n) is 48.3. The Balaban J connectivity index is 0.990. The second kappa shape index (κ2) is 16.3. The van der Waals surface area contributed by atoms with Crippen LogP contribution in [-0.2, 0) is 43.0 Å². The van der Waals surface area contributed by atoms with Crippen molar-refractivity contribution in [3.05, 3.63) is 46.7 Å². The highest BCUT2D eigenvalue weighted by molar-refractivity contribution is 6.10. The molecule has 75 heavy (non-hydrogen) atoms. The fourth-order valence-corrected chi connectivity index (χ4v) is 20.7. The maximum Gasteiger partial charge on any atom is 0.312 e.